The number of nitrogens with zero attached hydrogens (tertiary/aromatic N) is 2. The van der Waals surface area contributed by atoms with Gasteiger partial charge in [-0.15, -0.1) is 0 Å². The molecule has 38 heavy (non-hydrogen) atoms. The number of para-hydroxylation sites is 2. The molecule has 1 unspecified atom stereocenters. The summed E-state index contributed by atoms with van der Waals surface area (Å²) in [5.74, 6) is 0.784. The number of rotatable bonds is 11. The van der Waals surface area contributed by atoms with Crippen LogP contribution in [0.5, 0.6) is 17.2 Å². The molecule has 0 saturated heterocycles. The Hall–Kier alpha value is -3.62. The zero-order chi connectivity index (χ0) is 27.5. The third kappa shape index (κ3) is 6.09. The van der Waals surface area contributed by atoms with Gasteiger partial charge < -0.3 is 32.5 Å². The van der Waals surface area contributed by atoms with Crippen LogP contribution in [0.4, 0.5) is 0 Å². The molecule has 10 heteroatoms. The Labute approximate surface area is 221 Å². The van der Waals surface area contributed by atoms with E-state index in [2.05, 4.69) is 0 Å². The summed E-state index contributed by atoms with van der Waals surface area (Å²) in [4.78, 5) is 26.4. The van der Waals surface area contributed by atoms with E-state index in [0.717, 1.165) is 0 Å². The maximum atomic E-state index is 13.7. The van der Waals surface area contributed by atoms with E-state index in [0.29, 0.717) is 50.2 Å². The van der Waals surface area contributed by atoms with E-state index in [-0.39, 0.29) is 18.1 Å². The molecule has 1 aromatic heterocycles. The minimum Gasteiger partial charge on any atom is -0.746 e. The molecule has 0 saturated carbocycles. The van der Waals surface area contributed by atoms with Crippen molar-refractivity contribution in [1.82, 2.24) is 4.57 Å². The number of ketones is 1. The van der Waals surface area contributed by atoms with E-state index in [1.165, 1.54) is 14.2 Å². The van der Waals surface area contributed by atoms with Gasteiger partial charge in [-0.3, -0.25) is 9.36 Å². The van der Waals surface area contributed by atoms with Gasteiger partial charge in [-0.1, -0.05) is 24.3 Å². The second-order valence-corrected chi connectivity index (χ2v) is 11.0. The van der Waals surface area contributed by atoms with Crippen LogP contribution in [0.2, 0.25) is 0 Å². The lowest BCUT2D eigenvalue weighted by Crippen LogP contribution is -2.37. The van der Waals surface area contributed by atoms with Gasteiger partial charge in [0.25, 0.3) is 0 Å². The molecular formula is C28H31N2O7P. The molecule has 9 nitrogen and oxygen atoms in total. The summed E-state index contributed by atoms with van der Waals surface area (Å²) in [5.41, 5.74) is 1.97. The number of ether oxygens (including phenoxy) is 2. The number of likely N-dealkylation sites (N-methyl/N-ethyl adjacent to an activating group) is 1. The number of aromatic nitrogens is 1. The van der Waals surface area contributed by atoms with Gasteiger partial charge in [0, 0.05) is 17.0 Å². The monoisotopic (exact) mass is 538 g/mol. The highest BCUT2D eigenvalue weighted by Gasteiger charge is 2.23. The van der Waals surface area contributed by atoms with Crippen LogP contribution in [0, 0.1) is 0 Å². The highest BCUT2D eigenvalue weighted by Crippen LogP contribution is 2.43. The molecule has 0 bridgehead atoms. The van der Waals surface area contributed by atoms with Crippen molar-refractivity contribution in [3.63, 3.8) is 0 Å². The molecular weight excluding hydrogens is 507 g/mol. The summed E-state index contributed by atoms with van der Waals surface area (Å²) >= 11 is 0. The number of fused-ring (bicyclic) bond motifs is 1. The molecule has 0 aliphatic rings. The topological polar surface area (TPSA) is 99.1 Å². The molecule has 1 atom stereocenters. The average Bonchev–Trinajstić information content (AvgIpc) is 3.24. The average molecular weight is 539 g/mol. The smallest absolute Gasteiger partial charge is 0.320 e. The zero-order valence-electron chi connectivity index (χ0n) is 22.0. The maximum Gasteiger partial charge on any atom is 0.320 e. The van der Waals surface area contributed by atoms with E-state index in [9.17, 15) is 14.3 Å². The number of benzene rings is 3. The van der Waals surface area contributed by atoms with Crippen LogP contribution in [0.15, 0.2) is 72.9 Å². The Morgan fingerprint density at radius 2 is 1.63 bits per heavy atom. The SMILES string of the molecule is COc1ccc(C(=O)c2ccccc2-n2cc(OP(=O)([O-])OCC[N+](C)(C)C)c3ccccc32)c(OC)c1. The van der Waals surface area contributed by atoms with Crippen LogP contribution < -0.4 is 18.9 Å². The Morgan fingerprint density at radius 3 is 2.34 bits per heavy atom. The fraction of sp³-hybridized carbons (Fsp3) is 0.250. The maximum absolute atomic E-state index is 13.7. The molecule has 4 rings (SSSR count). The van der Waals surface area contributed by atoms with Gasteiger partial charge in [0.15, 0.2) is 11.5 Å². The van der Waals surface area contributed by atoms with E-state index < -0.39 is 7.82 Å². The van der Waals surface area contributed by atoms with Crippen LogP contribution in [0.1, 0.15) is 15.9 Å². The molecule has 200 valence electrons. The molecule has 0 aliphatic carbocycles. The van der Waals surface area contributed by atoms with Gasteiger partial charge in [-0.25, -0.2) is 0 Å². The molecule has 0 amide bonds. The van der Waals surface area contributed by atoms with E-state index in [1.54, 1.807) is 65.4 Å². The summed E-state index contributed by atoms with van der Waals surface area (Å²) in [5, 5.41) is 0.558. The summed E-state index contributed by atoms with van der Waals surface area (Å²) in [6.45, 7) is 0.478. The van der Waals surface area contributed by atoms with Crippen LogP contribution >= 0.6 is 7.82 Å². The predicted molar refractivity (Wildman–Crippen MR) is 143 cm³/mol. The van der Waals surface area contributed by atoms with Gasteiger partial charge in [0.2, 0.25) is 0 Å². The Kier molecular flexibility index (Phi) is 7.94. The summed E-state index contributed by atoms with van der Waals surface area (Å²) in [6, 6.07) is 19.3. The van der Waals surface area contributed by atoms with Gasteiger partial charge in [0.05, 0.1) is 58.3 Å². The second-order valence-electron chi connectivity index (χ2n) is 9.68. The van der Waals surface area contributed by atoms with Crippen LogP contribution in [-0.4, -0.2) is 63.3 Å². The van der Waals surface area contributed by atoms with Gasteiger partial charge in [-0.2, -0.15) is 0 Å². The van der Waals surface area contributed by atoms with Crippen molar-refractivity contribution in [3.8, 4) is 22.9 Å². The first-order valence-electron chi connectivity index (χ1n) is 11.9. The normalized spacial score (nSPS) is 13.2. The molecule has 0 spiro atoms. The minimum atomic E-state index is -4.65. The molecule has 0 N–H and O–H groups in total. The molecule has 0 radical (unpaired) electrons. The van der Waals surface area contributed by atoms with Crippen molar-refractivity contribution in [2.24, 2.45) is 0 Å². The van der Waals surface area contributed by atoms with Crippen molar-refractivity contribution >= 4 is 24.5 Å². The quantitative estimate of drug-likeness (QED) is 0.158. The van der Waals surface area contributed by atoms with Gasteiger partial charge in [0.1, 0.15) is 24.7 Å². The first-order valence-corrected chi connectivity index (χ1v) is 13.4. The highest BCUT2D eigenvalue weighted by atomic mass is 31.2. The highest BCUT2D eigenvalue weighted by molar-refractivity contribution is 7.46. The Morgan fingerprint density at radius 1 is 0.921 bits per heavy atom. The van der Waals surface area contributed by atoms with Crippen molar-refractivity contribution in [1.29, 1.82) is 0 Å². The first kappa shape index (κ1) is 27.4. The van der Waals surface area contributed by atoms with Crippen LogP contribution in [0.3, 0.4) is 0 Å². The summed E-state index contributed by atoms with van der Waals surface area (Å²) in [6.07, 6.45) is 1.55. The lowest BCUT2D eigenvalue weighted by Gasteiger charge is -2.27. The third-order valence-corrected chi connectivity index (χ3v) is 6.88. The first-order chi connectivity index (χ1) is 18.0. The molecule has 4 aromatic rings. The molecule has 1 heterocycles. The number of hydrogen-bond donors (Lipinski definition) is 0. The van der Waals surface area contributed by atoms with Gasteiger partial charge in [-0.05, 0) is 36.4 Å². The van der Waals surface area contributed by atoms with Crippen molar-refractivity contribution < 1.29 is 37.3 Å². The molecule has 0 aliphatic heterocycles. The van der Waals surface area contributed by atoms with E-state index >= 15 is 0 Å². The summed E-state index contributed by atoms with van der Waals surface area (Å²) in [7, 11) is 4.20. The summed E-state index contributed by atoms with van der Waals surface area (Å²) < 4.78 is 36.2. The lowest BCUT2D eigenvalue weighted by molar-refractivity contribution is -0.870. The lowest BCUT2D eigenvalue weighted by atomic mass is 10.0. The minimum absolute atomic E-state index is 0.00997. The number of quaternary nitrogens is 1. The van der Waals surface area contributed by atoms with Gasteiger partial charge >= 0.3 is 7.82 Å². The number of phosphoric ester groups is 1. The fourth-order valence-corrected chi connectivity index (χ4v) is 4.75. The second kappa shape index (κ2) is 11.0. The van der Waals surface area contributed by atoms with Crippen molar-refractivity contribution in [2.75, 3.05) is 48.5 Å². The van der Waals surface area contributed by atoms with Crippen molar-refractivity contribution in [2.45, 2.75) is 0 Å². The Bertz CT molecular complexity index is 1510. The van der Waals surface area contributed by atoms with E-state index in [1.807, 2.05) is 33.3 Å². The van der Waals surface area contributed by atoms with Crippen LogP contribution in [-0.2, 0) is 9.09 Å². The zero-order valence-corrected chi connectivity index (χ0v) is 22.9. The number of carbonyl (C=O) groups excluding carboxylic acids is 1. The molecule has 0 fully saturated rings. The number of methoxy groups -OCH3 is 2. The third-order valence-electron chi connectivity index (χ3n) is 5.96. The molecule has 3 aromatic carbocycles. The van der Waals surface area contributed by atoms with Crippen LogP contribution in [0.25, 0.3) is 16.6 Å². The number of carbonyl (C=O) groups is 1. The van der Waals surface area contributed by atoms with Crippen molar-refractivity contribution in [3.05, 3.63) is 84.1 Å². The van der Waals surface area contributed by atoms with E-state index in [4.69, 9.17) is 18.5 Å². The largest absolute Gasteiger partial charge is 0.746 e. The Balaban J connectivity index is 1.74. The number of phosphoric acid groups is 1. The fourth-order valence-electron chi connectivity index (χ4n) is 4.00. The predicted octanol–water partition coefficient (Wildman–Crippen LogP) is 4.45. The number of hydrogen-bond acceptors (Lipinski definition) is 7. The standard InChI is InChI=1S/C28H31N2O7P/c1-30(2,3)16-17-36-38(32,33)37-27-19-29(24-12-8-6-10-21(24)27)25-13-9-7-11-22(25)28(31)23-15-14-20(34-4)18-26(23)35-5/h6-15,18-19H,16-17H2,1-5H3.